The molecule has 2 heterocycles. The van der Waals surface area contributed by atoms with Gasteiger partial charge >= 0.3 is 0 Å². The van der Waals surface area contributed by atoms with Crippen LogP contribution in [0.15, 0.2) is 54.6 Å². The van der Waals surface area contributed by atoms with E-state index in [2.05, 4.69) is 20.7 Å². The Labute approximate surface area is 205 Å². The number of carbonyl (C=O) groups excluding carboxylic acids is 3. The minimum Gasteiger partial charge on any atom is -0.366 e. The van der Waals surface area contributed by atoms with Crippen molar-refractivity contribution in [2.45, 2.75) is 32.2 Å². The third-order valence-electron chi connectivity index (χ3n) is 5.85. The summed E-state index contributed by atoms with van der Waals surface area (Å²) >= 11 is 1.47. The molecule has 2 aromatic heterocycles. The number of rotatable bonds is 7. The number of benzene rings is 2. The maximum absolute atomic E-state index is 13.4. The van der Waals surface area contributed by atoms with E-state index < -0.39 is 5.91 Å². The van der Waals surface area contributed by atoms with Crippen LogP contribution in [-0.2, 0) is 24.2 Å². The molecule has 1 aliphatic rings. The van der Waals surface area contributed by atoms with E-state index >= 15 is 0 Å². The van der Waals surface area contributed by atoms with Crippen molar-refractivity contribution in [3.05, 3.63) is 81.7 Å². The number of ketones is 1. The summed E-state index contributed by atoms with van der Waals surface area (Å²) < 4.78 is 0. The molecule has 9 nitrogen and oxygen atoms in total. The first-order chi connectivity index (χ1) is 17.0. The number of aryl methyl sites for hydroxylation is 1. The Morgan fingerprint density at radius 3 is 2.46 bits per heavy atom. The van der Waals surface area contributed by atoms with Gasteiger partial charge in [-0.25, -0.2) is 0 Å². The van der Waals surface area contributed by atoms with Crippen LogP contribution in [0.5, 0.6) is 0 Å². The van der Waals surface area contributed by atoms with Gasteiger partial charge in [-0.2, -0.15) is 4.80 Å². The van der Waals surface area contributed by atoms with E-state index in [1.165, 1.54) is 16.1 Å². The Hall–Kier alpha value is -4.18. The van der Waals surface area contributed by atoms with Crippen LogP contribution in [0.3, 0.4) is 0 Å². The molecule has 2 aromatic carbocycles. The predicted octanol–water partition coefficient (Wildman–Crippen LogP) is 3.25. The summed E-state index contributed by atoms with van der Waals surface area (Å²) in [5, 5.41) is 15.7. The van der Waals surface area contributed by atoms with Crippen LogP contribution >= 0.6 is 11.3 Å². The molecule has 0 saturated carbocycles. The maximum Gasteiger partial charge on any atom is 0.248 e. The summed E-state index contributed by atoms with van der Waals surface area (Å²) in [6.45, 7) is -0.159. The van der Waals surface area contributed by atoms with Crippen LogP contribution in [0, 0.1) is 0 Å². The lowest BCUT2D eigenvalue weighted by molar-refractivity contribution is -0.117. The molecule has 0 spiro atoms. The van der Waals surface area contributed by atoms with Gasteiger partial charge in [0.15, 0.2) is 5.78 Å². The van der Waals surface area contributed by atoms with Gasteiger partial charge in [0.25, 0.3) is 0 Å². The van der Waals surface area contributed by atoms with Gasteiger partial charge in [0.05, 0.1) is 5.56 Å². The molecular weight excluding hydrogens is 464 g/mol. The summed E-state index contributed by atoms with van der Waals surface area (Å²) in [6, 6.07) is 15.6. The van der Waals surface area contributed by atoms with Crippen LogP contribution < -0.4 is 11.1 Å². The molecule has 176 valence electrons. The normalized spacial score (nSPS) is 12.7. The molecule has 4 aromatic rings. The molecule has 0 radical (unpaired) electrons. The summed E-state index contributed by atoms with van der Waals surface area (Å²) in [7, 11) is 0. The van der Waals surface area contributed by atoms with Gasteiger partial charge < -0.3 is 11.1 Å². The fourth-order valence-electron chi connectivity index (χ4n) is 4.13. The SMILES string of the molecule is NC(=O)c1ccc(-c2nnn(CC(=O)Nc3sc4c(c3C(=O)c3ccccc3)CCCC4)n2)cc1. The average Bonchev–Trinajstić information content (AvgIpc) is 3.48. The molecule has 0 bridgehead atoms. The molecule has 5 rings (SSSR count). The quantitative estimate of drug-likeness (QED) is 0.385. The minimum absolute atomic E-state index is 0.0825. The number of tetrazole rings is 1. The number of aromatic nitrogens is 4. The summed E-state index contributed by atoms with van der Waals surface area (Å²) in [5.74, 6) is -0.634. The van der Waals surface area contributed by atoms with Crippen LogP contribution in [0.4, 0.5) is 5.00 Å². The number of thiophene rings is 1. The van der Waals surface area contributed by atoms with Crippen molar-refractivity contribution in [1.29, 1.82) is 0 Å². The van der Waals surface area contributed by atoms with E-state index in [4.69, 9.17) is 5.73 Å². The highest BCUT2D eigenvalue weighted by atomic mass is 32.1. The minimum atomic E-state index is -0.523. The zero-order valence-corrected chi connectivity index (χ0v) is 19.5. The standard InChI is InChI=1S/C25H22N6O3S/c26-23(34)16-10-12-17(13-11-16)24-28-30-31(29-24)14-20(32)27-25-21(18-8-4-5-9-19(18)35-25)22(33)15-6-2-1-3-7-15/h1-3,6-7,10-13H,4-5,8-9,14H2,(H2,26,34)(H,27,32). The third-order valence-corrected chi connectivity index (χ3v) is 7.06. The zero-order chi connectivity index (χ0) is 24.4. The molecule has 35 heavy (non-hydrogen) atoms. The van der Waals surface area contributed by atoms with Crippen LogP contribution in [0.2, 0.25) is 0 Å². The lowest BCUT2D eigenvalue weighted by Gasteiger charge is -2.12. The number of carbonyl (C=O) groups is 3. The maximum atomic E-state index is 13.4. The average molecular weight is 487 g/mol. The van der Waals surface area contributed by atoms with Crippen LogP contribution in [0.25, 0.3) is 11.4 Å². The van der Waals surface area contributed by atoms with Gasteiger partial charge in [0, 0.05) is 21.6 Å². The number of nitrogens with zero attached hydrogens (tertiary/aromatic N) is 4. The van der Waals surface area contributed by atoms with Crippen molar-refractivity contribution >= 4 is 33.9 Å². The monoisotopic (exact) mass is 486 g/mol. The number of anilines is 1. The van der Waals surface area contributed by atoms with E-state index in [1.54, 1.807) is 36.4 Å². The largest absolute Gasteiger partial charge is 0.366 e. The van der Waals surface area contributed by atoms with Crippen molar-refractivity contribution in [1.82, 2.24) is 20.2 Å². The van der Waals surface area contributed by atoms with E-state index in [9.17, 15) is 14.4 Å². The number of nitrogens with one attached hydrogen (secondary N) is 1. The van der Waals surface area contributed by atoms with Gasteiger partial charge in [-0.05, 0) is 48.6 Å². The molecule has 2 amide bonds. The first-order valence-corrected chi connectivity index (χ1v) is 12.0. The van der Waals surface area contributed by atoms with Crippen molar-refractivity contribution in [3.8, 4) is 11.4 Å². The topological polar surface area (TPSA) is 133 Å². The van der Waals surface area contributed by atoms with Gasteiger partial charge in [0.2, 0.25) is 17.6 Å². The van der Waals surface area contributed by atoms with Gasteiger partial charge in [-0.1, -0.05) is 42.5 Å². The molecule has 1 aliphatic carbocycles. The number of primary amides is 1. The number of nitrogens with two attached hydrogens (primary N) is 1. The second-order valence-electron chi connectivity index (χ2n) is 8.24. The van der Waals surface area contributed by atoms with Gasteiger partial charge in [0.1, 0.15) is 11.5 Å². The molecule has 10 heteroatoms. The Morgan fingerprint density at radius 2 is 1.71 bits per heavy atom. The summed E-state index contributed by atoms with van der Waals surface area (Å²) in [5.41, 5.74) is 8.52. The van der Waals surface area contributed by atoms with Crippen LogP contribution in [0.1, 0.15) is 49.6 Å². The van der Waals surface area contributed by atoms with E-state index in [-0.39, 0.29) is 18.2 Å². The molecule has 0 fully saturated rings. The predicted molar refractivity (Wildman–Crippen MR) is 131 cm³/mol. The van der Waals surface area contributed by atoms with Crippen LogP contribution in [-0.4, -0.2) is 37.8 Å². The first kappa shape index (κ1) is 22.6. The lowest BCUT2D eigenvalue weighted by atomic mass is 9.92. The number of fused-ring (bicyclic) bond motifs is 1. The first-order valence-electron chi connectivity index (χ1n) is 11.2. The highest BCUT2D eigenvalue weighted by molar-refractivity contribution is 7.17. The summed E-state index contributed by atoms with van der Waals surface area (Å²) in [4.78, 5) is 39.8. The Kier molecular flexibility index (Phi) is 6.19. The molecule has 3 N–H and O–H groups in total. The Balaban J connectivity index is 1.35. The summed E-state index contributed by atoms with van der Waals surface area (Å²) in [6.07, 6.45) is 3.84. The van der Waals surface area contributed by atoms with E-state index in [1.807, 2.05) is 18.2 Å². The molecule has 0 atom stereocenters. The van der Waals surface area contributed by atoms with Gasteiger partial charge in [-0.3, -0.25) is 14.4 Å². The van der Waals surface area contributed by atoms with Crippen molar-refractivity contribution in [2.75, 3.05) is 5.32 Å². The van der Waals surface area contributed by atoms with E-state index in [0.29, 0.717) is 33.1 Å². The Morgan fingerprint density at radius 1 is 0.971 bits per heavy atom. The highest BCUT2D eigenvalue weighted by Crippen LogP contribution is 2.39. The second-order valence-corrected chi connectivity index (χ2v) is 9.35. The smallest absolute Gasteiger partial charge is 0.248 e. The third kappa shape index (κ3) is 4.73. The molecule has 0 unspecified atom stereocenters. The fourth-order valence-corrected chi connectivity index (χ4v) is 5.43. The molecule has 0 aliphatic heterocycles. The number of amides is 2. The van der Waals surface area contributed by atoms with Crippen molar-refractivity contribution < 1.29 is 14.4 Å². The number of hydrogen-bond donors (Lipinski definition) is 2. The van der Waals surface area contributed by atoms with Crippen molar-refractivity contribution in [2.24, 2.45) is 5.73 Å². The number of hydrogen-bond acceptors (Lipinski definition) is 7. The molecular formula is C25H22N6O3S. The fraction of sp³-hybridized carbons (Fsp3) is 0.200. The lowest BCUT2D eigenvalue weighted by Crippen LogP contribution is -2.21. The Bertz CT molecular complexity index is 1410. The second kappa shape index (κ2) is 9.59. The van der Waals surface area contributed by atoms with Crippen molar-refractivity contribution in [3.63, 3.8) is 0 Å². The van der Waals surface area contributed by atoms with Gasteiger partial charge in [-0.15, -0.1) is 21.5 Å². The zero-order valence-electron chi connectivity index (χ0n) is 18.7. The molecule has 0 saturated heterocycles. The van der Waals surface area contributed by atoms with E-state index in [0.717, 1.165) is 36.1 Å². The highest BCUT2D eigenvalue weighted by Gasteiger charge is 2.27.